The maximum Gasteiger partial charge on any atom is 0.248 e. The topological polar surface area (TPSA) is 54.5 Å². The molecule has 0 radical (unpaired) electrons. The van der Waals surface area contributed by atoms with Crippen LogP contribution in [0, 0.1) is 0 Å². The minimum absolute atomic E-state index is 0.161. The van der Waals surface area contributed by atoms with Crippen LogP contribution in [0.5, 0.6) is 5.75 Å². The van der Waals surface area contributed by atoms with E-state index < -0.39 is 0 Å². The maximum atomic E-state index is 10.9. The van der Waals surface area contributed by atoms with Crippen molar-refractivity contribution in [3.63, 3.8) is 0 Å². The average molecular weight is 162 g/mol. The van der Waals surface area contributed by atoms with Crippen LogP contribution in [-0.4, -0.2) is 11.2 Å². The Labute approximate surface area is 68.2 Å². The molecule has 2 heterocycles. The van der Waals surface area contributed by atoms with E-state index in [0.717, 1.165) is 0 Å². The van der Waals surface area contributed by atoms with Crippen molar-refractivity contribution in [2.75, 3.05) is 0 Å². The molecule has 0 amide bonds. The van der Waals surface area contributed by atoms with Gasteiger partial charge in [-0.25, -0.2) is 0 Å². The predicted octanol–water partition coefficient (Wildman–Crippen LogP) is 0.657. The fraction of sp³-hybridized carbons (Fsp3) is 0. The van der Waals surface area contributed by atoms with Crippen LogP contribution >= 0.6 is 0 Å². The lowest BCUT2D eigenvalue weighted by Gasteiger charge is -1.99. The number of nitrogens with one attached hydrogen (secondary N) is 1. The number of hydrogen-bond acceptors (Lipinski definition) is 3. The van der Waals surface area contributed by atoms with Gasteiger partial charge in [0.25, 0.3) is 0 Å². The van der Waals surface area contributed by atoms with Gasteiger partial charge in [0.1, 0.15) is 12.0 Å². The fourth-order valence-corrected chi connectivity index (χ4v) is 0.932. The highest BCUT2D eigenvalue weighted by atomic mass is 16.5. The molecule has 0 aromatic carbocycles. The first-order valence-electron chi connectivity index (χ1n) is 3.44. The zero-order chi connectivity index (χ0) is 8.39. The summed E-state index contributed by atoms with van der Waals surface area (Å²) < 4.78 is 5.13. The third kappa shape index (κ3) is 1.14. The van der Waals surface area contributed by atoms with E-state index in [9.17, 15) is 4.79 Å². The number of ether oxygens (including phenoxy) is 1. The number of hydrogen-bond donors (Lipinski definition) is 1. The maximum absolute atomic E-state index is 10.9. The smallest absolute Gasteiger partial charge is 0.248 e. The molecule has 0 spiro atoms. The summed E-state index contributed by atoms with van der Waals surface area (Å²) in [5.74, 6) is 0.604. The minimum atomic E-state index is -0.161. The van der Waals surface area contributed by atoms with E-state index in [4.69, 9.17) is 4.74 Å². The zero-order valence-electron chi connectivity index (χ0n) is 6.15. The van der Waals surface area contributed by atoms with Crippen LogP contribution in [0.1, 0.15) is 5.69 Å². The lowest BCUT2D eigenvalue weighted by Crippen LogP contribution is -2.07. The first kappa shape index (κ1) is 6.84. The van der Waals surface area contributed by atoms with Crippen molar-refractivity contribution >= 4 is 6.21 Å². The van der Waals surface area contributed by atoms with Gasteiger partial charge in [-0.05, 0) is 6.07 Å². The minimum Gasteiger partial charge on any atom is -0.461 e. The van der Waals surface area contributed by atoms with Gasteiger partial charge in [-0.3, -0.25) is 9.79 Å². The Morgan fingerprint density at radius 2 is 2.33 bits per heavy atom. The van der Waals surface area contributed by atoms with Gasteiger partial charge in [0, 0.05) is 6.07 Å². The highest BCUT2D eigenvalue weighted by molar-refractivity contribution is 5.81. The molecular weight excluding hydrogens is 156 g/mol. The largest absolute Gasteiger partial charge is 0.461 e. The number of aromatic amines is 1. The summed E-state index contributed by atoms with van der Waals surface area (Å²) in [5, 5.41) is 0. The second-order valence-corrected chi connectivity index (χ2v) is 2.28. The third-order valence-corrected chi connectivity index (χ3v) is 1.45. The van der Waals surface area contributed by atoms with Gasteiger partial charge in [-0.2, -0.15) is 0 Å². The molecule has 0 bridgehead atoms. The lowest BCUT2D eigenvalue weighted by atomic mass is 10.3. The first-order chi connectivity index (χ1) is 5.86. The zero-order valence-corrected chi connectivity index (χ0v) is 6.15. The molecule has 12 heavy (non-hydrogen) atoms. The summed E-state index contributed by atoms with van der Waals surface area (Å²) in [7, 11) is 0. The van der Waals surface area contributed by atoms with Crippen molar-refractivity contribution in [3.05, 3.63) is 40.6 Å². The Balaban J connectivity index is 2.60. The van der Waals surface area contributed by atoms with Crippen molar-refractivity contribution in [1.29, 1.82) is 0 Å². The molecule has 2 rings (SSSR count). The normalized spacial score (nSPS) is 13.3. The molecule has 0 atom stereocenters. The van der Waals surface area contributed by atoms with Crippen LogP contribution in [0.3, 0.4) is 0 Å². The van der Waals surface area contributed by atoms with E-state index in [0.29, 0.717) is 11.4 Å². The molecule has 0 aliphatic carbocycles. The van der Waals surface area contributed by atoms with Crippen LogP contribution in [0.15, 0.2) is 34.4 Å². The van der Waals surface area contributed by atoms with Gasteiger partial charge < -0.3 is 9.72 Å². The molecular formula is C8H6N2O2. The third-order valence-electron chi connectivity index (χ3n) is 1.45. The molecule has 1 aliphatic heterocycles. The highest BCUT2D eigenvalue weighted by Crippen LogP contribution is 2.13. The molecule has 0 fully saturated rings. The van der Waals surface area contributed by atoms with Crippen molar-refractivity contribution in [2.24, 2.45) is 4.99 Å². The van der Waals surface area contributed by atoms with Gasteiger partial charge >= 0.3 is 0 Å². The Morgan fingerprint density at radius 1 is 1.42 bits per heavy atom. The van der Waals surface area contributed by atoms with Gasteiger partial charge in [0.2, 0.25) is 5.56 Å². The highest BCUT2D eigenvalue weighted by Gasteiger charge is 2.02. The number of H-pyrrole nitrogens is 1. The van der Waals surface area contributed by atoms with E-state index in [2.05, 4.69) is 9.98 Å². The van der Waals surface area contributed by atoms with Gasteiger partial charge in [-0.1, -0.05) is 0 Å². The van der Waals surface area contributed by atoms with Crippen LogP contribution < -0.4 is 10.3 Å². The van der Waals surface area contributed by atoms with Crippen LogP contribution in [0.2, 0.25) is 0 Å². The Kier molecular flexibility index (Phi) is 1.51. The van der Waals surface area contributed by atoms with Crippen molar-refractivity contribution in [3.8, 4) is 5.75 Å². The quantitative estimate of drug-likeness (QED) is 0.609. The predicted molar refractivity (Wildman–Crippen MR) is 44.4 cm³/mol. The summed E-state index contributed by atoms with van der Waals surface area (Å²) in [6.45, 7) is 0. The van der Waals surface area contributed by atoms with Gasteiger partial charge in [0.15, 0.2) is 5.75 Å². The number of aliphatic imine (C=N–C) groups is 1. The molecule has 1 aromatic heterocycles. The summed E-state index contributed by atoms with van der Waals surface area (Å²) in [5.41, 5.74) is 0.429. The summed E-state index contributed by atoms with van der Waals surface area (Å²) >= 11 is 0. The SMILES string of the molecule is O=c1ccc2c([nH]1)C=NC=CO2. The average Bonchev–Trinajstić information content (AvgIpc) is 2.28. The molecule has 0 saturated heterocycles. The van der Waals surface area contributed by atoms with E-state index >= 15 is 0 Å². The monoisotopic (exact) mass is 162 g/mol. The summed E-state index contributed by atoms with van der Waals surface area (Å²) in [6, 6.07) is 3.02. The Morgan fingerprint density at radius 3 is 3.25 bits per heavy atom. The second-order valence-electron chi connectivity index (χ2n) is 2.28. The molecule has 60 valence electrons. The molecule has 1 aliphatic rings. The Bertz CT molecular complexity index is 404. The number of pyridine rings is 1. The second kappa shape index (κ2) is 2.65. The molecule has 4 heteroatoms. The van der Waals surface area contributed by atoms with Crippen LogP contribution in [0.25, 0.3) is 0 Å². The number of aromatic nitrogens is 1. The number of fused-ring (bicyclic) bond motifs is 1. The molecule has 0 saturated carbocycles. The molecule has 1 aromatic rings. The van der Waals surface area contributed by atoms with Gasteiger partial charge in [-0.15, -0.1) is 0 Å². The standard InChI is InChI=1S/C8H6N2O2/c11-8-2-1-7-6(10-8)5-9-3-4-12-7/h1-5H,(H,10,11). The first-order valence-corrected chi connectivity index (χ1v) is 3.44. The lowest BCUT2D eigenvalue weighted by molar-refractivity contribution is 0.478. The van der Waals surface area contributed by atoms with E-state index in [-0.39, 0.29) is 5.56 Å². The summed E-state index contributed by atoms with van der Waals surface area (Å²) in [4.78, 5) is 17.3. The fourth-order valence-electron chi connectivity index (χ4n) is 0.932. The van der Waals surface area contributed by atoms with Crippen molar-refractivity contribution in [2.45, 2.75) is 0 Å². The number of nitrogens with zero attached hydrogens (tertiary/aromatic N) is 1. The van der Waals surface area contributed by atoms with Crippen LogP contribution in [0.4, 0.5) is 0 Å². The summed E-state index contributed by atoms with van der Waals surface area (Å²) in [6.07, 6.45) is 4.51. The van der Waals surface area contributed by atoms with E-state index in [1.165, 1.54) is 18.5 Å². The number of rotatable bonds is 0. The van der Waals surface area contributed by atoms with Crippen molar-refractivity contribution < 1.29 is 4.74 Å². The van der Waals surface area contributed by atoms with Gasteiger partial charge in [0.05, 0.1) is 12.4 Å². The Hall–Kier alpha value is -1.84. The van der Waals surface area contributed by atoms with E-state index in [1.54, 1.807) is 12.3 Å². The molecule has 0 unspecified atom stereocenters. The molecule has 4 nitrogen and oxygen atoms in total. The van der Waals surface area contributed by atoms with Crippen LogP contribution in [-0.2, 0) is 0 Å². The molecule has 1 N–H and O–H groups in total. The van der Waals surface area contributed by atoms with E-state index in [1.807, 2.05) is 0 Å². The van der Waals surface area contributed by atoms with Crippen molar-refractivity contribution in [1.82, 2.24) is 4.98 Å².